The van der Waals surface area contributed by atoms with Gasteiger partial charge in [-0.15, -0.1) is 0 Å². The molecule has 2 aromatic carbocycles. The fraction of sp³-hybridized carbons (Fsp3) is 0.500. The zero-order valence-electron chi connectivity index (χ0n) is 19.8. The van der Waals surface area contributed by atoms with Crippen molar-refractivity contribution in [1.29, 1.82) is 0 Å². The number of hydrogen-bond donors (Lipinski definition) is 2. The van der Waals surface area contributed by atoms with Gasteiger partial charge in [0.2, 0.25) is 11.8 Å². The van der Waals surface area contributed by atoms with Gasteiger partial charge < -0.3 is 0 Å². The van der Waals surface area contributed by atoms with Gasteiger partial charge >= 0.3 is 26.2 Å². The van der Waals surface area contributed by atoms with Crippen LogP contribution in [0.3, 0.4) is 0 Å². The molecule has 0 spiro atoms. The Kier molecular flexibility index (Phi) is 26.6. The predicted molar refractivity (Wildman–Crippen MR) is 130 cm³/mol. The van der Waals surface area contributed by atoms with E-state index < -0.39 is 0 Å². The Morgan fingerprint density at radius 1 is 0.806 bits per heavy atom. The van der Waals surface area contributed by atoms with E-state index in [1.165, 1.54) is 74.6 Å². The minimum atomic E-state index is -0.230. The number of amides is 2. The summed E-state index contributed by atoms with van der Waals surface area (Å²) in [5.74, 6) is -0.460. The van der Waals surface area contributed by atoms with Crippen LogP contribution in [0, 0.1) is 13.8 Å². The van der Waals surface area contributed by atoms with Gasteiger partial charge in [-0.05, 0) is 0 Å². The summed E-state index contributed by atoms with van der Waals surface area (Å²) in [6, 6.07) is 13.4. The van der Waals surface area contributed by atoms with Crippen molar-refractivity contribution in [1.82, 2.24) is 9.67 Å². The first-order valence-electron chi connectivity index (χ1n) is 10.4. The maximum absolute atomic E-state index is 9.57. The normalized spacial score (nSPS) is 8.77. The molecule has 0 aliphatic heterocycles. The van der Waals surface area contributed by atoms with Crippen LogP contribution in [0.4, 0.5) is 0 Å². The number of hydrogen-bond acceptors (Lipinski definition) is 2. The molecule has 2 amide bonds. The van der Waals surface area contributed by atoms with Crippen LogP contribution in [-0.4, -0.2) is 11.8 Å². The van der Waals surface area contributed by atoms with Gasteiger partial charge in [-0.3, -0.25) is 19.3 Å². The van der Waals surface area contributed by atoms with Gasteiger partial charge in [0, 0.05) is 37.4 Å². The number of aryl methyl sites for hydroxylation is 4. The number of carbonyl (C=O) groups excluding carboxylic acids is 2. The molecule has 0 saturated carbocycles. The van der Waals surface area contributed by atoms with E-state index in [9.17, 15) is 9.59 Å². The second-order valence-electron chi connectivity index (χ2n) is 7.10. The van der Waals surface area contributed by atoms with E-state index in [1.807, 2.05) is 9.67 Å². The molecule has 0 fully saturated rings. The molecule has 0 bridgehead atoms. The third kappa shape index (κ3) is 25.2. The summed E-state index contributed by atoms with van der Waals surface area (Å²) in [6.45, 7) is 11.4. The van der Waals surface area contributed by atoms with Gasteiger partial charge in [0.1, 0.15) is 0 Å². The minimum Gasteiger partial charge on any atom is -0.274 e. The first kappa shape index (κ1) is 34.7. The van der Waals surface area contributed by atoms with E-state index in [0.29, 0.717) is 0 Å². The summed E-state index contributed by atoms with van der Waals surface area (Å²) in [4.78, 5) is 22.9. The second kappa shape index (κ2) is 23.8. The third-order valence-corrected chi connectivity index (χ3v) is 4.38. The number of unbranched alkanes of at least 4 members (excludes halogenated alkanes) is 2. The molecule has 31 heavy (non-hydrogen) atoms. The molecule has 0 aromatic heterocycles. The Labute approximate surface area is 218 Å². The third-order valence-electron chi connectivity index (χ3n) is 3.85. The van der Waals surface area contributed by atoms with Crippen LogP contribution in [0.2, 0.25) is 0 Å². The summed E-state index contributed by atoms with van der Waals surface area (Å²) in [6.07, 6.45) is 7.75. The summed E-state index contributed by atoms with van der Waals surface area (Å²) >= 11 is 9.47. The Balaban J connectivity index is -0.000000353. The van der Waals surface area contributed by atoms with Gasteiger partial charge in [0.05, 0.1) is 0 Å². The maximum Gasteiger partial charge on any atom is 2.00 e. The zero-order chi connectivity index (χ0) is 23.4. The molecular weight excluding hydrogens is 510 g/mol. The molecule has 0 unspecified atom stereocenters. The topological polar surface area (TPSA) is 58.2 Å². The molecule has 7 heteroatoms. The molecule has 2 N–H and O–H groups in total. The Hall–Kier alpha value is -0.897. The van der Waals surface area contributed by atoms with E-state index in [-0.39, 0.29) is 38.0 Å². The average molecular weight is 549 g/mol. The molecule has 4 nitrogen and oxygen atoms in total. The van der Waals surface area contributed by atoms with E-state index in [2.05, 4.69) is 64.1 Å². The van der Waals surface area contributed by atoms with E-state index >= 15 is 0 Å². The van der Waals surface area contributed by atoms with Gasteiger partial charge in [0.15, 0.2) is 0 Å². The minimum absolute atomic E-state index is 0. The van der Waals surface area contributed by atoms with Gasteiger partial charge in [-0.2, -0.15) is 35.4 Å². The van der Waals surface area contributed by atoms with Crippen molar-refractivity contribution < 1.29 is 35.8 Å². The zero-order valence-corrected chi connectivity index (χ0v) is 23.7. The monoisotopic (exact) mass is 546 g/mol. The number of nitrogens with one attached hydrogen (secondary N) is 2. The summed E-state index contributed by atoms with van der Waals surface area (Å²) < 4.78 is 0. The van der Waals surface area contributed by atoms with Crippen molar-refractivity contribution in [3.63, 3.8) is 0 Å². The molecule has 2 rings (SSSR count). The number of carbonyl (C=O) groups is 2. The largest absolute Gasteiger partial charge is 2.00 e. The summed E-state index contributed by atoms with van der Waals surface area (Å²) in [7, 11) is 0. The number of halogens is 2. The Morgan fingerprint density at radius 2 is 1.10 bits per heavy atom. The van der Waals surface area contributed by atoms with Crippen molar-refractivity contribution in [3.8, 4) is 0 Å². The Morgan fingerprint density at radius 3 is 1.26 bits per heavy atom. The fourth-order valence-corrected chi connectivity index (χ4v) is 2.33. The summed E-state index contributed by atoms with van der Waals surface area (Å²) in [5.41, 5.74) is 5.79. The van der Waals surface area contributed by atoms with Crippen LogP contribution < -0.4 is 9.67 Å². The SMILES string of the molecule is CC(=O)NCl.CC(=O)NCl.CCCC[c-]1ccc(C)c1.CCCC[c-]1ccc(C)c1.[Zr+2]. The molecule has 0 atom stereocenters. The predicted octanol–water partition coefficient (Wildman–Crippen LogP) is 6.66. The molecule has 174 valence electrons. The van der Waals surface area contributed by atoms with E-state index in [0.717, 1.165) is 0 Å². The van der Waals surface area contributed by atoms with Crippen LogP contribution in [-0.2, 0) is 48.6 Å². The van der Waals surface area contributed by atoms with Crippen LogP contribution in [0.5, 0.6) is 0 Å². The standard InChI is InChI=1S/2C10H15.2C2H4ClNO.Zr/c2*1-3-4-5-10-7-6-9(2)8-10;2*1-2(5)4-3;/h2*6-8H,3-5H2,1-2H3;2*1H3,(H,4,5);/q2*-1;;;+2. The first-order chi connectivity index (χ1) is 14.2. The van der Waals surface area contributed by atoms with Crippen LogP contribution in [0.15, 0.2) is 36.4 Å². The first-order valence-corrected chi connectivity index (χ1v) is 11.1. The van der Waals surface area contributed by atoms with Crippen LogP contribution in [0.25, 0.3) is 0 Å². The molecule has 0 saturated heterocycles. The molecule has 2 aromatic rings. The van der Waals surface area contributed by atoms with Gasteiger partial charge in [-0.25, -0.2) is 23.3 Å². The van der Waals surface area contributed by atoms with Crippen LogP contribution in [0.1, 0.15) is 75.6 Å². The van der Waals surface area contributed by atoms with Crippen molar-refractivity contribution in [2.45, 2.75) is 80.1 Å². The second-order valence-corrected chi connectivity index (χ2v) is 7.48. The van der Waals surface area contributed by atoms with Crippen molar-refractivity contribution in [3.05, 3.63) is 58.7 Å². The Bertz CT molecular complexity index is 626. The van der Waals surface area contributed by atoms with E-state index in [4.69, 9.17) is 23.6 Å². The average Bonchev–Trinajstić information content (AvgIpc) is 3.33. The quantitative estimate of drug-likeness (QED) is 0.313. The van der Waals surface area contributed by atoms with Crippen molar-refractivity contribution in [2.24, 2.45) is 0 Å². The maximum atomic E-state index is 9.57. The van der Waals surface area contributed by atoms with Gasteiger partial charge in [-0.1, -0.05) is 66.2 Å². The number of rotatable bonds is 6. The molecular formula is C24H38Cl2N2O2Zr. The van der Waals surface area contributed by atoms with Crippen molar-refractivity contribution >= 4 is 35.4 Å². The molecule has 0 radical (unpaired) electrons. The molecule has 0 heterocycles. The summed E-state index contributed by atoms with van der Waals surface area (Å²) in [5, 5.41) is 0. The van der Waals surface area contributed by atoms with E-state index in [1.54, 1.807) is 0 Å². The fourth-order valence-electron chi connectivity index (χ4n) is 2.33. The molecule has 0 aliphatic rings. The van der Waals surface area contributed by atoms with Crippen LogP contribution >= 0.6 is 23.6 Å². The van der Waals surface area contributed by atoms with Gasteiger partial charge in [0.25, 0.3) is 0 Å². The molecule has 0 aliphatic carbocycles. The van der Waals surface area contributed by atoms with Crippen molar-refractivity contribution in [2.75, 3.05) is 0 Å². The smallest absolute Gasteiger partial charge is 0.274 e.